The molecule has 1 aromatic carbocycles. The minimum atomic E-state index is -0.504. The minimum Gasteiger partial charge on any atom is -0.401 e. The molecule has 0 aliphatic carbocycles. The quantitative estimate of drug-likeness (QED) is 0.366. The molecule has 1 aliphatic heterocycles. The molecule has 3 aromatic rings. The van der Waals surface area contributed by atoms with Gasteiger partial charge in [0.25, 0.3) is 0 Å². The molecule has 0 amide bonds. The van der Waals surface area contributed by atoms with E-state index >= 15 is 0 Å². The third-order valence-electron chi connectivity index (χ3n) is 3.29. The van der Waals surface area contributed by atoms with E-state index in [1.165, 1.54) is 22.7 Å². The summed E-state index contributed by atoms with van der Waals surface area (Å²) in [6.07, 6.45) is 1.69. The largest absolute Gasteiger partial charge is 0.401 e. The highest BCUT2D eigenvalue weighted by molar-refractivity contribution is 7.21. The van der Waals surface area contributed by atoms with E-state index in [2.05, 4.69) is 4.99 Å². The van der Waals surface area contributed by atoms with Crippen LogP contribution in [-0.2, 0) is 9.53 Å². The number of hydrogen-bond donors (Lipinski definition) is 0. The third kappa shape index (κ3) is 2.76. The lowest BCUT2D eigenvalue weighted by molar-refractivity contribution is -0.129. The molecule has 3 nitrogen and oxygen atoms in total. The van der Waals surface area contributed by atoms with Crippen molar-refractivity contribution < 1.29 is 9.53 Å². The van der Waals surface area contributed by atoms with Gasteiger partial charge in [0.15, 0.2) is 5.70 Å². The molecule has 120 valence electrons. The number of nitrogens with zero attached hydrogens (tertiary/aromatic N) is 1. The maximum Gasteiger partial charge on any atom is 0.363 e. The van der Waals surface area contributed by atoms with Gasteiger partial charge in [-0.15, -0.1) is 22.7 Å². The van der Waals surface area contributed by atoms with Crippen LogP contribution in [0.2, 0.25) is 15.1 Å². The molecule has 4 rings (SSSR count). The number of esters is 1. The van der Waals surface area contributed by atoms with Crippen molar-refractivity contribution in [2.45, 2.75) is 0 Å². The lowest BCUT2D eigenvalue weighted by Gasteiger charge is -1.97. The summed E-state index contributed by atoms with van der Waals surface area (Å²) < 4.78 is 6.09. The normalized spacial score (nSPS) is 16.0. The monoisotopic (exact) mass is 413 g/mol. The van der Waals surface area contributed by atoms with Gasteiger partial charge < -0.3 is 4.74 Å². The molecule has 0 saturated carbocycles. The summed E-state index contributed by atoms with van der Waals surface area (Å²) >= 11 is 21.5. The maximum atomic E-state index is 12.0. The molecule has 0 atom stereocenters. The van der Waals surface area contributed by atoms with E-state index in [1.807, 2.05) is 17.5 Å². The summed E-state index contributed by atoms with van der Waals surface area (Å²) in [6.45, 7) is 0. The van der Waals surface area contributed by atoms with Crippen LogP contribution in [-0.4, -0.2) is 11.9 Å². The first kappa shape index (κ1) is 16.1. The smallest absolute Gasteiger partial charge is 0.363 e. The van der Waals surface area contributed by atoms with Gasteiger partial charge in [0, 0.05) is 20.0 Å². The van der Waals surface area contributed by atoms with Crippen LogP contribution in [0.4, 0.5) is 0 Å². The Morgan fingerprint density at radius 3 is 2.79 bits per heavy atom. The number of fused-ring (bicyclic) bond motifs is 1. The van der Waals surface area contributed by atoms with Gasteiger partial charge in [0.1, 0.15) is 4.88 Å². The number of benzene rings is 1. The van der Waals surface area contributed by atoms with Gasteiger partial charge in [-0.2, -0.15) is 0 Å². The first-order valence-electron chi connectivity index (χ1n) is 6.66. The highest BCUT2D eigenvalue weighted by Crippen LogP contribution is 2.42. The van der Waals surface area contributed by atoms with Crippen LogP contribution < -0.4 is 0 Å². The van der Waals surface area contributed by atoms with E-state index in [9.17, 15) is 4.79 Å². The van der Waals surface area contributed by atoms with E-state index in [0.717, 1.165) is 9.58 Å². The zero-order chi connectivity index (χ0) is 16.8. The van der Waals surface area contributed by atoms with E-state index in [-0.39, 0.29) is 11.6 Å². The predicted octanol–water partition coefficient (Wildman–Crippen LogP) is 6.27. The van der Waals surface area contributed by atoms with E-state index in [4.69, 9.17) is 39.5 Å². The van der Waals surface area contributed by atoms with Crippen LogP contribution in [0.15, 0.2) is 40.3 Å². The average molecular weight is 415 g/mol. The highest BCUT2D eigenvalue weighted by atomic mass is 35.5. The summed E-state index contributed by atoms with van der Waals surface area (Å²) in [5.74, 6) is -0.322. The number of thiophene rings is 2. The van der Waals surface area contributed by atoms with Crippen molar-refractivity contribution in [1.29, 1.82) is 0 Å². The fourth-order valence-electron chi connectivity index (χ4n) is 2.26. The Balaban J connectivity index is 1.82. The molecule has 8 heteroatoms. The Morgan fingerprint density at radius 1 is 1.21 bits per heavy atom. The summed E-state index contributed by atoms with van der Waals surface area (Å²) in [4.78, 5) is 17.8. The highest BCUT2D eigenvalue weighted by Gasteiger charge is 2.28. The van der Waals surface area contributed by atoms with Crippen LogP contribution in [0.25, 0.3) is 16.2 Å². The van der Waals surface area contributed by atoms with E-state index in [1.54, 1.807) is 18.2 Å². The molecular weight excluding hydrogens is 409 g/mol. The van der Waals surface area contributed by atoms with E-state index in [0.29, 0.717) is 25.3 Å². The SMILES string of the molecule is O=C1OC(c2sc3cc(Cl)cc(Cl)c3c2Cl)=N/C1=C\c1cccs1. The summed E-state index contributed by atoms with van der Waals surface area (Å²) in [6, 6.07) is 7.18. The molecule has 0 saturated heterocycles. The summed E-state index contributed by atoms with van der Waals surface area (Å²) in [7, 11) is 0. The molecule has 0 spiro atoms. The molecule has 1 aliphatic rings. The molecule has 0 fully saturated rings. The van der Waals surface area contributed by atoms with Crippen LogP contribution in [0, 0.1) is 0 Å². The van der Waals surface area contributed by atoms with Gasteiger partial charge in [0.05, 0.1) is 10.0 Å². The number of rotatable bonds is 2. The fraction of sp³-hybridized carbons (Fsp3) is 0. The summed E-state index contributed by atoms with van der Waals surface area (Å²) in [5, 5.41) is 3.97. The Morgan fingerprint density at radius 2 is 2.04 bits per heavy atom. The van der Waals surface area contributed by atoms with E-state index < -0.39 is 5.97 Å². The van der Waals surface area contributed by atoms with Crippen LogP contribution in [0.1, 0.15) is 9.75 Å². The Kier molecular flexibility index (Phi) is 4.14. The van der Waals surface area contributed by atoms with Gasteiger partial charge >= 0.3 is 5.97 Å². The van der Waals surface area contributed by atoms with Gasteiger partial charge in [-0.3, -0.25) is 0 Å². The van der Waals surface area contributed by atoms with Crippen LogP contribution in [0.5, 0.6) is 0 Å². The number of cyclic esters (lactones) is 1. The van der Waals surface area contributed by atoms with Crippen molar-refractivity contribution in [3.05, 3.63) is 60.2 Å². The molecule has 3 heterocycles. The number of carbonyl (C=O) groups is 1. The van der Waals surface area contributed by atoms with Gasteiger partial charge in [-0.1, -0.05) is 40.9 Å². The molecule has 24 heavy (non-hydrogen) atoms. The Hall–Kier alpha value is -1.37. The van der Waals surface area contributed by atoms with Crippen LogP contribution in [0.3, 0.4) is 0 Å². The second kappa shape index (κ2) is 6.17. The van der Waals surface area contributed by atoms with Gasteiger partial charge in [-0.05, 0) is 29.7 Å². The lowest BCUT2D eigenvalue weighted by Crippen LogP contribution is -2.04. The standard InChI is InChI=1S/C16H6Cl3NO2S2/c17-7-4-9(18)12-11(5-7)24-14(13(12)19)15-20-10(16(21)22-15)6-8-2-1-3-23-8/h1-6H/b10-6-. The Bertz CT molecular complexity index is 1040. The van der Waals surface area contributed by atoms with Gasteiger partial charge in [-0.25, -0.2) is 9.79 Å². The molecule has 0 N–H and O–H groups in total. The molecule has 2 aromatic heterocycles. The zero-order valence-electron chi connectivity index (χ0n) is 11.7. The van der Waals surface area contributed by atoms with Crippen molar-refractivity contribution in [2.75, 3.05) is 0 Å². The van der Waals surface area contributed by atoms with Crippen LogP contribution >= 0.6 is 57.5 Å². The molecule has 0 radical (unpaired) electrons. The first-order valence-corrected chi connectivity index (χ1v) is 9.49. The van der Waals surface area contributed by atoms with Crippen molar-refractivity contribution in [2.24, 2.45) is 4.99 Å². The number of aliphatic imine (C=N–C) groups is 1. The van der Waals surface area contributed by atoms with Gasteiger partial charge in [0.2, 0.25) is 5.90 Å². The predicted molar refractivity (Wildman–Crippen MR) is 102 cm³/mol. The maximum absolute atomic E-state index is 12.0. The fourth-order valence-corrected chi connectivity index (χ4v) is 5.21. The number of carbonyl (C=O) groups excluding carboxylic acids is 1. The third-order valence-corrected chi connectivity index (χ3v) is 6.24. The summed E-state index contributed by atoms with van der Waals surface area (Å²) in [5.41, 5.74) is 0.241. The van der Waals surface area contributed by atoms with Crippen molar-refractivity contribution in [3.8, 4) is 0 Å². The lowest BCUT2D eigenvalue weighted by atomic mass is 10.2. The Labute approximate surface area is 159 Å². The first-order chi connectivity index (χ1) is 11.5. The zero-order valence-corrected chi connectivity index (χ0v) is 15.6. The van der Waals surface area contributed by atoms with Crippen molar-refractivity contribution in [3.63, 3.8) is 0 Å². The number of ether oxygens (including phenoxy) is 1. The minimum absolute atomic E-state index is 0.182. The molecule has 0 unspecified atom stereocenters. The average Bonchev–Trinajstić information content (AvgIpc) is 3.21. The number of halogens is 3. The molecular formula is C16H6Cl3NO2S2. The van der Waals surface area contributed by atoms with Crippen molar-refractivity contribution >= 4 is 85.5 Å². The number of hydrogen-bond acceptors (Lipinski definition) is 5. The molecule has 0 bridgehead atoms. The second-order valence-corrected chi connectivity index (χ2v) is 8.11. The van der Waals surface area contributed by atoms with Crippen molar-refractivity contribution in [1.82, 2.24) is 0 Å². The topological polar surface area (TPSA) is 38.7 Å². The second-order valence-electron chi connectivity index (χ2n) is 4.86.